The van der Waals surface area contributed by atoms with Gasteiger partial charge >= 0.3 is 6.18 Å². The molecule has 0 atom stereocenters. The maximum atomic E-state index is 12.7. The van der Waals surface area contributed by atoms with E-state index in [1.807, 2.05) is 4.90 Å². The zero-order chi connectivity index (χ0) is 14.6. The number of aliphatic imine (C=N–C) groups is 1. The van der Waals surface area contributed by atoms with Gasteiger partial charge in [-0.2, -0.15) is 13.2 Å². The zero-order valence-electron chi connectivity index (χ0n) is 10.5. The first-order valence-corrected chi connectivity index (χ1v) is 5.98. The summed E-state index contributed by atoms with van der Waals surface area (Å²) >= 11 is 0. The van der Waals surface area contributed by atoms with Crippen LogP contribution in [0.3, 0.4) is 0 Å². The SMILES string of the molecule is ONC=Nc1cc(C(F)(F)F)ccc1N1CCOCC1. The van der Waals surface area contributed by atoms with Crippen molar-refractivity contribution in [1.82, 2.24) is 5.48 Å². The molecule has 2 N–H and O–H groups in total. The zero-order valence-corrected chi connectivity index (χ0v) is 10.5. The van der Waals surface area contributed by atoms with Gasteiger partial charge in [0.15, 0.2) is 0 Å². The topological polar surface area (TPSA) is 57.1 Å². The third kappa shape index (κ3) is 3.40. The quantitative estimate of drug-likeness (QED) is 0.509. The maximum Gasteiger partial charge on any atom is 0.416 e. The summed E-state index contributed by atoms with van der Waals surface area (Å²) in [6, 6.07) is 3.37. The summed E-state index contributed by atoms with van der Waals surface area (Å²) < 4.78 is 43.3. The highest BCUT2D eigenvalue weighted by atomic mass is 19.4. The Morgan fingerprint density at radius 2 is 2.00 bits per heavy atom. The molecular weight excluding hydrogens is 275 g/mol. The van der Waals surface area contributed by atoms with E-state index in [9.17, 15) is 13.2 Å². The minimum absolute atomic E-state index is 0.142. The van der Waals surface area contributed by atoms with Gasteiger partial charge in [0.05, 0.1) is 30.2 Å². The second-order valence-electron chi connectivity index (χ2n) is 4.19. The lowest BCUT2D eigenvalue weighted by molar-refractivity contribution is -0.137. The van der Waals surface area contributed by atoms with Crippen LogP contribution in [0.5, 0.6) is 0 Å². The molecule has 1 aromatic rings. The van der Waals surface area contributed by atoms with Crippen LogP contribution in [0.2, 0.25) is 0 Å². The number of halogens is 3. The average Bonchev–Trinajstić information content (AvgIpc) is 2.45. The van der Waals surface area contributed by atoms with E-state index >= 15 is 0 Å². The second-order valence-corrected chi connectivity index (χ2v) is 4.19. The first-order chi connectivity index (χ1) is 9.52. The third-order valence-corrected chi connectivity index (χ3v) is 2.92. The molecule has 1 fully saturated rings. The van der Waals surface area contributed by atoms with E-state index in [0.29, 0.717) is 32.0 Å². The predicted molar refractivity (Wildman–Crippen MR) is 67.6 cm³/mol. The number of alkyl halides is 3. The molecule has 1 saturated heterocycles. The van der Waals surface area contributed by atoms with E-state index in [1.165, 1.54) is 6.07 Å². The summed E-state index contributed by atoms with van der Waals surface area (Å²) in [7, 11) is 0. The number of morpholine rings is 1. The van der Waals surface area contributed by atoms with E-state index in [0.717, 1.165) is 18.5 Å². The number of rotatable bonds is 3. The van der Waals surface area contributed by atoms with Crippen molar-refractivity contribution in [2.45, 2.75) is 6.18 Å². The molecule has 5 nitrogen and oxygen atoms in total. The summed E-state index contributed by atoms with van der Waals surface area (Å²) in [4.78, 5) is 5.70. The van der Waals surface area contributed by atoms with Crippen LogP contribution in [-0.4, -0.2) is 37.8 Å². The lowest BCUT2D eigenvalue weighted by Crippen LogP contribution is -2.36. The normalized spacial score (nSPS) is 16.7. The van der Waals surface area contributed by atoms with E-state index in [4.69, 9.17) is 9.94 Å². The van der Waals surface area contributed by atoms with E-state index in [2.05, 4.69) is 4.99 Å². The van der Waals surface area contributed by atoms with Gasteiger partial charge in [-0.3, -0.25) is 10.7 Å². The molecule has 0 amide bonds. The average molecular weight is 289 g/mol. The number of hydrogen-bond acceptors (Lipinski definition) is 4. The van der Waals surface area contributed by atoms with Crippen LogP contribution >= 0.6 is 0 Å². The lowest BCUT2D eigenvalue weighted by atomic mass is 10.1. The summed E-state index contributed by atoms with van der Waals surface area (Å²) in [5.74, 6) is 0. The number of anilines is 1. The fourth-order valence-corrected chi connectivity index (χ4v) is 1.97. The molecular formula is C12H14F3N3O2. The molecule has 0 unspecified atom stereocenters. The van der Waals surface area contributed by atoms with E-state index in [1.54, 1.807) is 5.48 Å². The van der Waals surface area contributed by atoms with Gasteiger partial charge in [0, 0.05) is 13.1 Å². The molecule has 20 heavy (non-hydrogen) atoms. The van der Waals surface area contributed by atoms with Crippen molar-refractivity contribution in [3.05, 3.63) is 23.8 Å². The Morgan fingerprint density at radius 1 is 1.30 bits per heavy atom. The van der Waals surface area contributed by atoms with Crippen LogP contribution in [0, 0.1) is 0 Å². The Kier molecular flexibility index (Phi) is 4.46. The Labute approximate surface area is 113 Å². The van der Waals surface area contributed by atoms with Crippen molar-refractivity contribution < 1.29 is 23.1 Å². The Hall–Kier alpha value is -1.80. The van der Waals surface area contributed by atoms with Crippen molar-refractivity contribution in [1.29, 1.82) is 0 Å². The highest BCUT2D eigenvalue weighted by molar-refractivity contribution is 5.73. The monoisotopic (exact) mass is 289 g/mol. The van der Waals surface area contributed by atoms with Crippen LogP contribution in [0.15, 0.2) is 23.2 Å². The van der Waals surface area contributed by atoms with Gasteiger partial charge < -0.3 is 9.64 Å². The molecule has 2 rings (SSSR count). The standard InChI is InChI=1S/C12H14F3N3O2/c13-12(14,15)9-1-2-11(10(7-9)16-8-17-19)18-3-5-20-6-4-18/h1-2,7-8,19H,3-6H2,(H,16,17). The molecule has 0 spiro atoms. The molecule has 1 aliphatic heterocycles. The Morgan fingerprint density at radius 3 is 2.60 bits per heavy atom. The fourth-order valence-electron chi connectivity index (χ4n) is 1.97. The van der Waals surface area contributed by atoms with Gasteiger partial charge in [-0.05, 0) is 18.2 Å². The van der Waals surface area contributed by atoms with Crippen molar-refractivity contribution in [2.24, 2.45) is 4.99 Å². The van der Waals surface area contributed by atoms with Crippen molar-refractivity contribution in [2.75, 3.05) is 31.2 Å². The highest BCUT2D eigenvalue weighted by Crippen LogP contribution is 2.36. The number of nitrogens with one attached hydrogen (secondary N) is 1. The van der Waals surface area contributed by atoms with Crippen molar-refractivity contribution in [3.63, 3.8) is 0 Å². The minimum atomic E-state index is -4.43. The molecule has 1 aromatic carbocycles. The molecule has 110 valence electrons. The lowest BCUT2D eigenvalue weighted by Gasteiger charge is -2.30. The first-order valence-electron chi connectivity index (χ1n) is 5.98. The predicted octanol–water partition coefficient (Wildman–Crippen LogP) is 2.18. The first kappa shape index (κ1) is 14.6. The van der Waals surface area contributed by atoms with E-state index in [-0.39, 0.29) is 5.69 Å². The van der Waals surface area contributed by atoms with Crippen LogP contribution in [0.4, 0.5) is 24.5 Å². The largest absolute Gasteiger partial charge is 0.416 e. The molecule has 1 heterocycles. The van der Waals surface area contributed by atoms with Gasteiger partial charge in [0.1, 0.15) is 6.34 Å². The summed E-state index contributed by atoms with van der Waals surface area (Å²) in [6.07, 6.45) is -3.50. The highest BCUT2D eigenvalue weighted by Gasteiger charge is 2.31. The maximum absolute atomic E-state index is 12.7. The number of hydroxylamine groups is 1. The molecule has 8 heteroatoms. The number of ether oxygens (including phenoxy) is 1. The molecule has 0 radical (unpaired) electrons. The molecule has 0 saturated carbocycles. The van der Waals surface area contributed by atoms with Gasteiger partial charge in [0.2, 0.25) is 0 Å². The van der Waals surface area contributed by atoms with Crippen LogP contribution in [0.1, 0.15) is 5.56 Å². The van der Waals surface area contributed by atoms with Crippen molar-refractivity contribution in [3.8, 4) is 0 Å². The minimum Gasteiger partial charge on any atom is -0.378 e. The Bertz CT molecular complexity index is 485. The summed E-state index contributed by atoms with van der Waals surface area (Å²) in [5.41, 5.74) is 1.63. The number of hydrogen-bond donors (Lipinski definition) is 2. The number of nitrogens with zero attached hydrogens (tertiary/aromatic N) is 2. The Balaban J connectivity index is 2.36. The smallest absolute Gasteiger partial charge is 0.378 e. The van der Waals surface area contributed by atoms with Gasteiger partial charge in [-0.25, -0.2) is 4.99 Å². The molecule has 0 aliphatic carbocycles. The summed E-state index contributed by atoms with van der Waals surface area (Å²) in [5, 5.41) is 8.50. The van der Waals surface area contributed by atoms with E-state index < -0.39 is 11.7 Å². The van der Waals surface area contributed by atoms with Crippen LogP contribution in [0.25, 0.3) is 0 Å². The van der Waals surface area contributed by atoms with Gasteiger partial charge in [-0.15, -0.1) is 0 Å². The van der Waals surface area contributed by atoms with Crippen LogP contribution in [-0.2, 0) is 10.9 Å². The fraction of sp³-hybridized carbons (Fsp3) is 0.417. The second kappa shape index (κ2) is 6.10. The van der Waals surface area contributed by atoms with Gasteiger partial charge in [0.25, 0.3) is 0 Å². The third-order valence-electron chi connectivity index (χ3n) is 2.92. The van der Waals surface area contributed by atoms with Gasteiger partial charge in [-0.1, -0.05) is 0 Å². The van der Waals surface area contributed by atoms with Crippen LogP contribution < -0.4 is 10.4 Å². The summed E-state index contributed by atoms with van der Waals surface area (Å²) in [6.45, 7) is 2.20. The van der Waals surface area contributed by atoms with Crippen molar-refractivity contribution >= 4 is 17.7 Å². The molecule has 0 aromatic heterocycles. The molecule has 0 bridgehead atoms. The molecule has 1 aliphatic rings. The number of benzene rings is 1.